The second kappa shape index (κ2) is 4.58. The van der Waals surface area contributed by atoms with Crippen molar-refractivity contribution in [1.29, 1.82) is 0 Å². The molecule has 0 heterocycles. The van der Waals surface area contributed by atoms with Crippen LogP contribution in [0.2, 0.25) is 0 Å². The van der Waals surface area contributed by atoms with Gasteiger partial charge in [-0.15, -0.1) is 0 Å². The third-order valence-corrected chi connectivity index (χ3v) is 2.68. The molecule has 76 valence electrons. The molecule has 0 bridgehead atoms. The summed E-state index contributed by atoms with van der Waals surface area (Å²) in [7, 11) is 0. The molecular formula is C9H17NO3. The molecule has 0 radical (unpaired) electrons. The largest absolute Gasteiger partial charge is 0.466 e. The minimum absolute atomic E-state index is 0.0643. The molecule has 0 aromatic carbocycles. The summed E-state index contributed by atoms with van der Waals surface area (Å²) in [5, 5.41) is 8.93. The van der Waals surface area contributed by atoms with Gasteiger partial charge in [0.15, 0.2) is 0 Å². The van der Waals surface area contributed by atoms with Gasteiger partial charge in [0.2, 0.25) is 0 Å². The lowest BCUT2D eigenvalue weighted by Gasteiger charge is -2.17. The van der Waals surface area contributed by atoms with E-state index in [0.29, 0.717) is 6.61 Å². The Morgan fingerprint density at radius 1 is 1.62 bits per heavy atom. The molecule has 3 unspecified atom stereocenters. The number of ether oxygens (including phenoxy) is 1. The normalized spacial score (nSPS) is 33.3. The van der Waals surface area contributed by atoms with Crippen LogP contribution in [0.15, 0.2) is 0 Å². The fraction of sp³-hybridized carbons (Fsp3) is 0.889. The summed E-state index contributed by atoms with van der Waals surface area (Å²) in [6.45, 7) is 2.24. The molecule has 1 aliphatic rings. The van der Waals surface area contributed by atoms with Gasteiger partial charge >= 0.3 is 5.97 Å². The third kappa shape index (κ3) is 2.19. The number of carbonyl (C=O) groups is 1. The highest BCUT2D eigenvalue weighted by molar-refractivity contribution is 5.73. The van der Waals surface area contributed by atoms with E-state index in [1.54, 1.807) is 6.92 Å². The van der Waals surface area contributed by atoms with Gasteiger partial charge in [0.25, 0.3) is 0 Å². The molecule has 1 rings (SSSR count). The molecule has 0 aliphatic heterocycles. The van der Waals surface area contributed by atoms with Crippen LogP contribution < -0.4 is 5.73 Å². The molecule has 0 aromatic rings. The van der Waals surface area contributed by atoms with Gasteiger partial charge in [0.1, 0.15) is 0 Å². The first-order valence-electron chi connectivity index (χ1n) is 4.73. The summed E-state index contributed by atoms with van der Waals surface area (Å²) in [6, 6.07) is -0.232. The Morgan fingerprint density at radius 3 is 2.77 bits per heavy atom. The van der Waals surface area contributed by atoms with Crippen LogP contribution in [0, 0.1) is 11.8 Å². The van der Waals surface area contributed by atoms with Crippen LogP contribution in [-0.4, -0.2) is 30.3 Å². The molecule has 4 heteroatoms. The van der Waals surface area contributed by atoms with Crippen molar-refractivity contribution in [2.24, 2.45) is 17.6 Å². The first-order valence-corrected chi connectivity index (χ1v) is 4.73. The Morgan fingerprint density at radius 2 is 2.31 bits per heavy atom. The average Bonchev–Trinajstić information content (AvgIpc) is 2.47. The van der Waals surface area contributed by atoms with Gasteiger partial charge in [-0.2, -0.15) is 0 Å². The molecular weight excluding hydrogens is 170 g/mol. The number of aliphatic hydroxyl groups excluding tert-OH is 1. The standard InChI is InChI=1S/C9H17NO3/c1-2-13-9(12)7-4-3-6(5-11)8(7)10/h6-8,11H,2-5,10H2,1H3. The predicted molar refractivity (Wildman–Crippen MR) is 47.9 cm³/mol. The summed E-state index contributed by atoms with van der Waals surface area (Å²) < 4.78 is 4.89. The van der Waals surface area contributed by atoms with Crippen LogP contribution in [0.5, 0.6) is 0 Å². The molecule has 1 fully saturated rings. The van der Waals surface area contributed by atoms with Gasteiger partial charge in [0, 0.05) is 12.6 Å². The molecule has 1 aliphatic carbocycles. The lowest BCUT2D eigenvalue weighted by molar-refractivity contribution is -0.148. The van der Waals surface area contributed by atoms with E-state index in [2.05, 4.69) is 0 Å². The molecule has 4 nitrogen and oxygen atoms in total. The zero-order valence-electron chi connectivity index (χ0n) is 7.90. The lowest BCUT2D eigenvalue weighted by Crippen LogP contribution is -2.37. The van der Waals surface area contributed by atoms with Crippen LogP contribution >= 0.6 is 0 Å². The van der Waals surface area contributed by atoms with Crippen molar-refractivity contribution in [2.75, 3.05) is 13.2 Å². The van der Waals surface area contributed by atoms with Crippen molar-refractivity contribution < 1.29 is 14.6 Å². The highest BCUT2D eigenvalue weighted by atomic mass is 16.5. The van der Waals surface area contributed by atoms with Crippen LogP contribution in [0.25, 0.3) is 0 Å². The number of aliphatic hydroxyl groups is 1. The number of esters is 1. The van der Waals surface area contributed by atoms with E-state index in [1.165, 1.54) is 0 Å². The molecule has 13 heavy (non-hydrogen) atoms. The quantitative estimate of drug-likeness (QED) is 0.605. The monoisotopic (exact) mass is 187 g/mol. The highest BCUT2D eigenvalue weighted by Crippen LogP contribution is 2.30. The summed E-state index contributed by atoms with van der Waals surface area (Å²) in [5.41, 5.74) is 5.80. The maximum atomic E-state index is 11.3. The smallest absolute Gasteiger partial charge is 0.310 e. The summed E-state index contributed by atoms with van der Waals surface area (Å²) in [5.74, 6) is -0.363. The van der Waals surface area contributed by atoms with Crippen molar-refractivity contribution in [2.45, 2.75) is 25.8 Å². The van der Waals surface area contributed by atoms with Crippen LogP contribution in [0.3, 0.4) is 0 Å². The number of hydrogen-bond donors (Lipinski definition) is 2. The number of hydrogen-bond acceptors (Lipinski definition) is 4. The van der Waals surface area contributed by atoms with Crippen molar-refractivity contribution in [1.82, 2.24) is 0 Å². The lowest BCUT2D eigenvalue weighted by atomic mass is 9.99. The molecule has 1 saturated carbocycles. The third-order valence-electron chi connectivity index (χ3n) is 2.68. The first-order chi connectivity index (χ1) is 6.20. The van der Waals surface area contributed by atoms with Gasteiger partial charge < -0.3 is 15.6 Å². The highest BCUT2D eigenvalue weighted by Gasteiger charge is 2.38. The molecule has 3 N–H and O–H groups in total. The van der Waals surface area contributed by atoms with E-state index >= 15 is 0 Å². The fourth-order valence-corrected chi connectivity index (χ4v) is 1.84. The average molecular weight is 187 g/mol. The summed E-state index contributed by atoms with van der Waals surface area (Å²) in [4.78, 5) is 11.3. The SMILES string of the molecule is CCOC(=O)C1CCC(CO)C1N. The number of rotatable bonds is 3. The van der Waals surface area contributed by atoms with Crippen LogP contribution in [0.4, 0.5) is 0 Å². The van der Waals surface area contributed by atoms with Crippen LogP contribution in [0.1, 0.15) is 19.8 Å². The van der Waals surface area contributed by atoms with E-state index in [9.17, 15) is 4.79 Å². The van der Waals surface area contributed by atoms with Gasteiger partial charge in [-0.05, 0) is 25.7 Å². The van der Waals surface area contributed by atoms with E-state index in [1.807, 2.05) is 0 Å². The molecule has 0 spiro atoms. The van der Waals surface area contributed by atoms with Gasteiger partial charge in [-0.3, -0.25) is 4.79 Å². The Labute approximate surface area is 78.1 Å². The van der Waals surface area contributed by atoms with Crippen molar-refractivity contribution in [3.8, 4) is 0 Å². The topological polar surface area (TPSA) is 72.5 Å². The predicted octanol–water partition coefficient (Wildman–Crippen LogP) is -0.105. The van der Waals surface area contributed by atoms with Crippen molar-refractivity contribution >= 4 is 5.97 Å². The summed E-state index contributed by atoms with van der Waals surface area (Å²) in [6.07, 6.45) is 1.56. The van der Waals surface area contributed by atoms with E-state index in [0.717, 1.165) is 12.8 Å². The Hall–Kier alpha value is -0.610. The minimum Gasteiger partial charge on any atom is -0.466 e. The zero-order valence-corrected chi connectivity index (χ0v) is 7.90. The maximum absolute atomic E-state index is 11.3. The van der Waals surface area contributed by atoms with Crippen molar-refractivity contribution in [3.05, 3.63) is 0 Å². The maximum Gasteiger partial charge on any atom is 0.310 e. The van der Waals surface area contributed by atoms with Crippen LogP contribution in [-0.2, 0) is 9.53 Å². The van der Waals surface area contributed by atoms with Crippen molar-refractivity contribution in [3.63, 3.8) is 0 Å². The molecule has 0 aromatic heterocycles. The Kier molecular flexibility index (Phi) is 3.69. The number of carbonyl (C=O) groups excluding carboxylic acids is 1. The van der Waals surface area contributed by atoms with Gasteiger partial charge in [-0.25, -0.2) is 0 Å². The van der Waals surface area contributed by atoms with E-state index in [4.69, 9.17) is 15.6 Å². The molecule has 0 saturated heterocycles. The zero-order chi connectivity index (χ0) is 9.84. The van der Waals surface area contributed by atoms with Gasteiger partial charge in [0.05, 0.1) is 12.5 Å². The number of nitrogens with two attached hydrogens (primary N) is 1. The minimum atomic E-state index is -0.232. The molecule has 3 atom stereocenters. The van der Waals surface area contributed by atoms with Gasteiger partial charge in [-0.1, -0.05) is 0 Å². The molecule has 0 amide bonds. The Bertz CT molecular complexity index is 184. The first kappa shape index (κ1) is 10.5. The second-order valence-corrected chi connectivity index (χ2v) is 3.46. The summed E-state index contributed by atoms with van der Waals surface area (Å²) >= 11 is 0. The second-order valence-electron chi connectivity index (χ2n) is 3.46. The van der Waals surface area contributed by atoms with E-state index < -0.39 is 0 Å². The van der Waals surface area contributed by atoms with E-state index in [-0.39, 0.29) is 30.5 Å². The fourth-order valence-electron chi connectivity index (χ4n) is 1.84. The Balaban J connectivity index is 2.48.